The van der Waals surface area contributed by atoms with Crippen LogP contribution in [0.4, 0.5) is 8.78 Å². The Hall–Kier alpha value is -2.52. The monoisotopic (exact) mass is 406 g/mol. The highest BCUT2D eigenvalue weighted by Crippen LogP contribution is 2.33. The molecule has 2 aromatic heterocycles. The first-order chi connectivity index (χ1) is 13.3. The van der Waals surface area contributed by atoms with E-state index in [-0.39, 0.29) is 10.6 Å². The maximum atomic E-state index is 13.3. The molecule has 0 saturated carbocycles. The minimum Gasteiger partial charge on any atom is -0.302 e. The van der Waals surface area contributed by atoms with Gasteiger partial charge in [0.1, 0.15) is 4.90 Å². The fraction of sp³-hybridized carbons (Fsp3) is 0.316. The lowest BCUT2D eigenvalue weighted by atomic mass is 9.99. The second-order valence-corrected chi connectivity index (χ2v) is 8.70. The van der Waals surface area contributed by atoms with E-state index in [0.29, 0.717) is 10.2 Å². The van der Waals surface area contributed by atoms with E-state index < -0.39 is 16.6 Å². The number of aromatic nitrogens is 3. The van der Waals surface area contributed by atoms with Crippen LogP contribution in [0, 0.1) is 6.92 Å². The van der Waals surface area contributed by atoms with Crippen LogP contribution in [0.25, 0.3) is 16.5 Å². The Bertz CT molecular complexity index is 1180. The number of hydrogen-bond donors (Lipinski definition) is 0. The molecule has 0 amide bonds. The average molecular weight is 406 g/mol. The van der Waals surface area contributed by atoms with Crippen LogP contribution in [0.3, 0.4) is 0 Å². The molecule has 0 aliphatic carbocycles. The van der Waals surface area contributed by atoms with E-state index in [1.807, 2.05) is 19.2 Å². The predicted molar refractivity (Wildman–Crippen MR) is 103 cm³/mol. The van der Waals surface area contributed by atoms with Crippen molar-refractivity contribution >= 4 is 26.5 Å². The van der Waals surface area contributed by atoms with Crippen LogP contribution in [-0.2, 0) is 10.0 Å². The van der Waals surface area contributed by atoms with E-state index in [9.17, 15) is 17.2 Å². The molecule has 0 saturated heterocycles. The summed E-state index contributed by atoms with van der Waals surface area (Å²) < 4.78 is 54.3. The van der Waals surface area contributed by atoms with E-state index in [2.05, 4.69) is 16.1 Å². The number of benzene rings is 1. The summed E-state index contributed by atoms with van der Waals surface area (Å²) in [6.45, 7) is 0.114. The number of alkyl halides is 2. The lowest BCUT2D eigenvalue weighted by Crippen LogP contribution is -2.23. The first-order valence-electron chi connectivity index (χ1n) is 8.86. The van der Waals surface area contributed by atoms with Gasteiger partial charge in [0.25, 0.3) is 10.0 Å². The van der Waals surface area contributed by atoms with Gasteiger partial charge in [-0.1, -0.05) is 24.3 Å². The molecule has 3 heterocycles. The molecule has 1 aliphatic heterocycles. The SMILES string of the molecule is Cc1c(S(=O)(=O)n2cc(C3=CCN(C)CC3)c3ccccc32)cnn1C(F)F. The van der Waals surface area contributed by atoms with Gasteiger partial charge in [-0.25, -0.2) is 17.1 Å². The molecular weight excluding hydrogens is 386 g/mol. The van der Waals surface area contributed by atoms with Gasteiger partial charge < -0.3 is 4.90 Å². The Kier molecular flexibility index (Phi) is 4.59. The van der Waals surface area contributed by atoms with Gasteiger partial charge in [-0.05, 0) is 32.0 Å². The molecule has 148 valence electrons. The van der Waals surface area contributed by atoms with Crippen molar-refractivity contribution in [2.24, 2.45) is 0 Å². The Labute approximate surface area is 161 Å². The zero-order valence-electron chi connectivity index (χ0n) is 15.5. The third-order valence-corrected chi connectivity index (χ3v) is 6.93. The standard InChI is InChI=1S/C19H20F2N4O2S/c1-13-18(11-22-25(13)19(20)21)28(26,27)24-12-16(14-7-9-23(2)10-8-14)15-5-3-4-6-17(15)24/h3-7,11-12,19H,8-10H2,1-2H3. The molecule has 9 heteroatoms. The van der Waals surface area contributed by atoms with Crippen LogP contribution < -0.4 is 0 Å². The van der Waals surface area contributed by atoms with Gasteiger partial charge in [-0.2, -0.15) is 13.9 Å². The Morgan fingerprint density at radius 2 is 1.96 bits per heavy atom. The van der Waals surface area contributed by atoms with E-state index in [1.165, 1.54) is 10.9 Å². The van der Waals surface area contributed by atoms with Crippen LogP contribution in [0.15, 0.2) is 47.6 Å². The molecule has 1 aromatic carbocycles. The maximum absolute atomic E-state index is 13.3. The van der Waals surface area contributed by atoms with Crippen molar-refractivity contribution < 1.29 is 17.2 Å². The van der Waals surface area contributed by atoms with Gasteiger partial charge in [0, 0.05) is 30.2 Å². The Balaban J connectivity index is 1.90. The molecule has 0 bridgehead atoms. The van der Waals surface area contributed by atoms with Crippen LogP contribution >= 0.6 is 0 Å². The molecule has 3 aromatic rings. The van der Waals surface area contributed by atoms with E-state index in [1.54, 1.807) is 18.3 Å². The van der Waals surface area contributed by atoms with Gasteiger partial charge >= 0.3 is 6.55 Å². The summed E-state index contributed by atoms with van der Waals surface area (Å²) in [6, 6.07) is 7.22. The first kappa shape index (κ1) is 18.8. The van der Waals surface area contributed by atoms with Crippen molar-refractivity contribution in [3.63, 3.8) is 0 Å². The van der Waals surface area contributed by atoms with Crippen molar-refractivity contribution in [1.82, 2.24) is 18.7 Å². The average Bonchev–Trinajstić information content (AvgIpc) is 3.24. The summed E-state index contributed by atoms with van der Waals surface area (Å²) in [5.74, 6) is 0. The second-order valence-electron chi connectivity index (χ2n) is 6.92. The molecule has 4 rings (SSSR count). The van der Waals surface area contributed by atoms with Gasteiger partial charge in [0.15, 0.2) is 0 Å². The van der Waals surface area contributed by atoms with Gasteiger partial charge in [-0.3, -0.25) is 0 Å². The lowest BCUT2D eigenvalue weighted by molar-refractivity contribution is 0.0541. The quantitative estimate of drug-likeness (QED) is 0.665. The number of hydrogen-bond acceptors (Lipinski definition) is 4. The zero-order chi connectivity index (χ0) is 20.1. The summed E-state index contributed by atoms with van der Waals surface area (Å²) in [5.41, 5.74) is 2.36. The minimum atomic E-state index is -4.08. The Morgan fingerprint density at radius 3 is 2.61 bits per heavy atom. The molecule has 28 heavy (non-hydrogen) atoms. The maximum Gasteiger partial charge on any atom is 0.333 e. The van der Waals surface area contributed by atoms with Gasteiger partial charge in [0.2, 0.25) is 0 Å². The molecule has 0 radical (unpaired) electrons. The van der Waals surface area contributed by atoms with Gasteiger partial charge in [0.05, 0.1) is 17.4 Å². The highest BCUT2D eigenvalue weighted by Gasteiger charge is 2.28. The predicted octanol–water partition coefficient (Wildman–Crippen LogP) is 3.50. The van der Waals surface area contributed by atoms with E-state index in [0.717, 1.165) is 42.2 Å². The molecule has 6 nitrogen and oxygen atoms in total. The molecule has 0 spiro atoms. The highest BCUT2D eigenvalue weighted by molar-refractivity contribution is 7.90. The number of halogens is 2. The van der Waals surface area contributed by atoms with Crippen molar-refractivity contribution in [3.05, 3.63) is 54.0 Å². The highest BCUT2D eigenvalue weighted by atomic mass is 32.2. The topological polar surface area (TPSA) is 60.1 Å². The third kappa shape index (κ3) is 2.94. The number of rotatable bonds is 4. The Morgan fingerprint density at radius 1 is 1.21 bits per heavy atom. The molecule has 0 unspecified atom stereocenters. The van der Waals surface area contributed by atoms with Gasteiger partial charge in [-0.15, -0.1) is 0 Å². The van der Waals surface area contributed by atoms with Crippen molar-refractivity contribution in [2.45, 2.75) is 24.8 Å². The third-order valence-electron chi connectivity index (χ3n) is 5.16. The number of likely N-dealkylation sites (N-methyl/N-ethyl adjacent to an activating group) is 1. The molecule has 0 fully saturated rings. The molecule has 0 atom stereocenters. The lowest BCUT2D eigenvalue weighted by Gasteiger charge is -2.21. The van der Waals surface area contributed by atoms with Crippen LogP contribution in [-0.4, -0.2) is 47.2 Å². The number of fused-ring (bicyclic) bond motifs is 1. The van der Waals surface area contributed by atoms with E-state index in [4.69, 9.17) is 0 Å². The molecule has 1 aliphatic rings. The van der Waals surface area contributed by atoms with E-state index >= 15 is 0 Å². The number of nitrogens with zero attached hydrogens (tertiary/aromatic N) is 4. The molecular formula is C19H20F2N4O2S. The molecule has 0 N–H and O–H groups in total. The zero-order valence-corrected chi connectivity index (χ0v) is 16.3. The summed E-state index contributed by atoms with van der Waals surface area (Å²) >= 11 is 0. The summed E-state index contributed by atoms with van der Waals surface area (Å²) in [5, 5.41) is 4.37. The largest absolute Gasteiger partial charge is 0.333 e. The minimum absolute atomic E-state index is 0.0900. The van der Waals surface area contributed by atoms with Crippen LogP contribution in [0.1, 0.15) is 24.2 Å². The second kappa shape index (κ2) is 6.82. The summed E-state index contributed by atoms with van der Waals surface area (Å²) in [6.07, 6.45) is 5.49. The first-order valence-corrected chi connectivity index (χ1v) is 10.3. The normalized spacial score (nSPS) is 16.1. The van der Waals surface area contributed by atoms with Crippen molar-refractivity contribution in [3.8, 4) is 0 Å². The fourth-order valence-electron chi connectivity index (χ4n) is 3.58. The van der Waals surface area contributed by atoms with Crippen molar-refractivity contribution in [2.75, 3.05) is 20.1 Å². The summed E-state index contributed by atoms with van der Waals surface area (Å²) in [7, 11) is -2.04. The summed E-state index contributed by atoms with van der Waals surface area (Å²) in [4.78, 5) is 1.96. The number of para-hydroxylation sites is 1. The fourth-order valence-corrected chi connectivity index (χ4v) is 5.10. The van der Waals surface area contributed by atoms with Crippen LogP contribution in [0.5, 0.6) is 0 Å². The smallest absolute Gasteiger partial charge is 0.302 e. The van der Waals surface area contributed by atoms with Crippen LogP contribution in [0.2, 0.25) is 0 Å². The van der Waals surface area contributed by atoms with Crippen molar-refractivity contribution in [1.29, 1.82) is 0 Å².